The molecular formula is C97H190O17P2. The van der Waals surface area contributed by atoms with Gasteiger partial charge in [-0.1, -0.05) is 472 Å². The molecule has 116 heavy (non-hydrogen) atoms. The van der Waals surface area contributed by atoms with Crippen LogP contribution in [0.3, 0.4) is 0 Å². The van der Waals surface area contributed by atoms with Crippen LogP contribution >= 0.6 is 15.6 Å². The third-order valence-electron chi connectivity index (χ3n) is 24.0. The molecule has 0 bridgehead atoms. The molecule has 0 aromatic carbocycles. The second-order valence-corrected chi connectivity index (χ2v) is 38.5. The van der Waals surface area contributed by atoms with Crippen LogP contribution in [-0.4, -0.2) is 96.7 Å². The summed E-state index contributed by atoms with van der Waals surface area (Å²) in [5.41, 5.74) is 0. The first-order chi connectivity index (χ1) is 56.3. The minimum Gasteiger partial charge on any atom is -0.462 e. The van der Waals surface area contributed by atoms with Gasteiger partial charge in [0, 0.05) is 25.7 Å². The highest BCUT2D eigenvalue weighted by molar-refractivity contribution is 7.47. The zero-order valence-electron chi connectivity index (χ0n) is 77.0. The van der Waals surface area contributed by atoms with Gasteiger partial charge < -0.3 is 33.8 Å². The lowest BCUT2D eigenvalue weighted by atomic mass is 9.99. The number of esters is 4. The molecule has 0 heterocycles. The maximum atomic E-state index is 13.2. The topological polar surface area (TPSA) is 237 Å². The average molecular weight is 1690 g/mol. The maximum Gasteiger partial charge on any atom is 0.472 e. The fraction of sp³-hybridized carbons (Fsp3) is 0.959. The molecule has 8 atom stereocenters. The summed E-state index contributed by atoms with van der Waals surface area (Å²) in [4.78, 5) is 73.6. The number of ether oxygens (including phenoxy) is 4. The van der Waals surface area contributed by atoms with Crippen molar-refractivity contribution in [3.8, 4) is 0 Å². The van der Waals surface area contributed by atoms with Crippen LogP contribution in [0, 0.1) is 17.8 Å². The Morgan fingerprint density at radius 3 is 0.612 bits per heavy atom. The highest BCUT2D eigenvalue weighted by atomic mass is 31.2. The number of hydrogen-bond acceptors (Lipinski definition) is 15. The molecule has 0 aliphatic rings. The first kappa shape index (κ1) is 114. The molecule has 0 radical (unpaired) electrons. The number of phosphoric acid groups is 2. The first-order valence-corrected chi connectivity index (χ1v) is 53.0. The average Bonchev–Trinajstić information content (AvgIpc) is 0.897. The molecule has 0 aliphatic carbocycles. The Morgan fingerprint density at radius 2 is 0.414 bits per heavy atom. The normalized spacial score (nSPS) is 14.4. The molecule has 0 aromatic rings. The minimum absolute atomic E-state index is 0.109. The molecule has 0 saturated carbocycles. The summed E-state index contributed by atoms with van der Waals surface area (Å²) in [6.45, 7) is 12.2. The molecule has 0 amide bonds. The van der Waals surface area contributed by atoms with Crippen molar-refractivity contribution in [2.45, 2.75) is 542 Å². The summed E-state index contributed by atoms with van der Waals surface area (Å²) in [5, 5.41) is 10.7. The Morgan fingerprint density at radius 1 is 0.241 bits per heavy atom. The SMILES string of the molecule is CCCCCCCCCCCCCCCCCCCCCCC(=O)O[C@H](COC(=O)CCCCCCCCCCC(C)CC)COP(=O)(O)OC[C@H](O)COP(=O)(O)OC[C@@H](COC(=O)CCCCCCCCCCCCCCCCCCCCC(C)CC)OC(=O)CCCCCCCCCCCCCCCCCCCCC(C)CC. The van der Waals surface area contributed by atoms with Crippen molar-refractivity contribution in [3.63, 3.8) is 0 Å². The molecular weight excluding hydrogens is 1500 g/mol. The van der Waals surface area contributed by atoms with Crippen molar-refractivity contribution >= 4 is 39.5 Å². The summed E-state index contributed by atoms with van der Waals surface area (Å²) in [5.74, 6) is 0.430. The van der Waals surface area contributed by atoms with Gasteiger partial charge in [-0.25, -0.2) is 9.13 Å². The molecule has 3 N–H and O–H groups in total. The Hall–Kier alpha value is -1.94. The maximum absolute atomic E-state index is 13.2. The van der Waals surface area contributed by atoms with E-state index < -0.39 is 97.5 Å². The lowest BCUT2D eigenvalue weighted by Gasteiger charge is -2.21. The zero-order valence-corrected chi connectivity index (χ0v) is 78.8. The summed E-state index contributed by atoms with van der Waals surface area (Å²) < 4.78 is 69.3. The van der Waals surface area contributed by atoms with Gasteiger partial charge in [0.2, 0.25) is 0 Å². The van der Waals surface area contributed by atoms with Crippen LogP contribution in [0.25, 0.3) is 0 Å². The summed E-state index contributed by atoms with van der Waals surface area (Å²) in [6, 6.07) is 0. The standard InChI is InChI=1S/C97H190O17P2/c1-8-12-13-14-15-16-17-18-19-20-21-22-30-35-40-45-50-59-66-74-81-97(102)114-93(85-108-95(100)79-72-65-58-53-52-56-63-70-77-90(7)11-4)87-112-116(105,106)110-83-91(98)82-109-115(103,104)111-86-92(113-96(101)80-73-67-60-51-46-41-36-31-26-24-28-33-38-43-48-55-62-69-76-89(6)10-3)84-107-94(99)78-71-64-57-49-44-39-34-29-25-23-27-32-37-42-47-54-61-68-75-88(5)9-2/h88-93,98H,8-87H2,1-7H3,(H,103,104)(H,105,106)/t88?,89?,90?,91-,92-,93-/m1/s1. The fourth-order valence-electron chi connectivity index (χ4n) is 15.2. The van der Waals surface area contributed by atoms with E-state index in [-0.39, 0.29) is 25.7 Å². The van der Waals surface area contributed by atoms with Crippen LogP contribution in [-0.2, 0) is 65.4 Å². The van der Waals surface area contributed by atoms with Crippen LogP contribution < -0.4 is 0 Å². The van der Waals surface area contributed by atoms with Gasteiger partial charge in [0.05, 0.1) is 26.4 Å². The van der Waals surface area contributed by atoms with Gasteiger partial charge >= 0.3 is 39.5 Å². The summed E-state index contributed by atoms with van der Waals surface area (Å²) in [7, 11) is -9.95. The lowest BCUT2D eigenvalue weighted by molar-refractivity contribution is -0.161. The molecule has 0 fully saturated rings. The van der Waals surface area contributed by atoms with Crippen molar-refractivity contribution in [2.24, 2.45) is 17.8 Å². The molecule has 690 valence electrons. The van der Waals surface area contributed by atoms with Gasteiger partial charge in [0.1, 0.15) is 19.3 Å². The van der Waals surface area contributed by atoms with Crippen molar-refractivity contribution < 1.29 is 80.2 Å². The van der Waals surface area contributed by atoms with Crippen LogP contribution in [0.15, 0.2) is 0 Å². The van der Waals surface area contributed by atoms with Crippen LogP contribution in [0.5, 0.6) is 0 Å². The van der Waals surface area contributed by atoms with Crippen LogP contribution in [0.2, 0.25) is 0 Å². The monoisotopic (exact) mass is 1690 g/mol. The van der Waals surface area contributed by atoms with Crippen LogP contribution in [0.1, 0.15) is 524 Å². The van der Waals surface area contributed by atoms with E-state index in [1.165, 1.54) is 334 Å². The van der Waals surface area contributed by atoms with Gasteiger partial charge in [0.25, 0.3) is 0 Å². The highest BCUT2D eigenvalue weighted by Gasteiger charge is 2.31. The molecule has 0 aromatic heterocycles. The number of aliphatic hydroxyl groups is 1. The minimum atomic E-state index is -4.97. The van der Waals surface area contributed by atoms with E-state index in [1.807, 2.05) is 0 Å². The Kier molecular flexibility index (Phi) is 85.1. The molecule has 5 unspecified atom stereocenters. The van der Waals surface area contributed by atoms with Crippen LogP contribution in [0.4, 0.5) is 0 Å². The summed E-state index contributed by atoms with van der Waals surface area (Å²) in [6.07, 6.45) is 82.0. The second-order valence-electron chi connectivity index (χ2n) is 35.5. The van der Waals surface area contributed by atoms with Crippen molar-refractivity contribution in [3.05, 3.63) is 0 Å². The zero-order chi connectivity index (χ0) is 85.0. The fourth-order valence-corrected chi connectivity index (χ4v) is 16.8. The molecule has 0 aliphatic heterocycles. The molecule has 0 spiro atoms. The van der Waals surface area contributed by atoms with Crippen molar-refractivity contribution in [1.82, 2.24) is 0 Å². The third-order valence-corrected chi connectivity index (χ3v) is 25.9. The van der Waals surface area contributed by atoms with Crippen molar-refractivity contribution in [2.75, 3.05) is 39.6 Å². The smallest absolute Gasteiger partial charge is 0.462 e. The van der Waals surface area contributed by atoms with E-state index in [4.69, 9.17) is 37.0 Å². The van der Waals surface area contributed by atoms with E-state index >= 15 is 0 Å². The van der Waals surface area contributed by atoms with E-state index in [0.717, 1.165) is 108 Å². The van der Waals surface area contributed by atoms with Crippen molar-refractivity contribution in [1.29, 1.82) is 0 Å². The van der Waals surface area contributed by atoms with Gasteiger partial charge in [-0.15, -0.1) is 0 Å². The predicted molar refractivity (Wildman–Crippen MR) is 483 cm³/mol. The predicted octanol–water partition coefficient (Wildman–Crippen LogP) is 30.4. The lowest BCUT2D eigenvalue weighted by Crippen LogP contribution is -2.30. The number of aliphatic hydroxyl groups excluding tert-OH is 1. The number of carbonyl (C=O) groups excluding carboxylic acids is 4. The van der Waals surface area contributed by atoms with Gasteiger partial charge in [-0.3, -0.25) is 37.3 Å². The van der Waals surface area contributed by atoms with Gasteiger partial charge in [-0.2, -0.15) is 0 Å². The summed E-state index contributed by atoms with van der Waals surface area (Å²) >= 11 is 0. The molecule has 0 rings (SSSR count). The molecule has 0 saturated heterocycles. The number of rotatable bonds is 95. The molecule has 19 heteroatoms. The Balaban J connectivity index is 5.24. The highest BCUT2D eigenvalue weighted by Crippen LogP contribution is 2.45. The third kappa shape index (κ3) is 85.6. The van der Waals surface area contributed by atoms with E-state index in [2.05, 4.69) is 48.5 Å². The first-order valence-electron chi connectivity index (χ1n) is 50.0. The number of phosphoric ester groups is 2. The van der Waals surface area contributed by atoms with Gasteiger partial charge in [0.15, 0.2) is 12.2 Å². The van der Waals surface area contributed by atoms with E-state index in [0.29, 0.717) is 25.7 Å². The largest absolute Gasteiger partial charge is 0.472 e. The number of carbonyl (C=O) groups is 4. The molecule has 17 nitrogen and oxygen atoms in total. The quantitative estimate of drug-likeness (QED) is 0.0222. The number of hydrogen-bond donors (Lipinski definition) is 3. The number of unbranched alkanes of at least 4 members (excludes halogenated alkanes) is 60. The van der Waals surface area contributed by atoms with Gasteiger partial charge in [-0.05, 0) is 43.4 Å². The second kappa shape index (κ2) is 86.6. The van der Waals surface area contributed by atoms with E-state index in [9.17, 15) is 43.2 Å². The Bertz CT molecular complexity index is 2220. The Labute approximate surface area is 715 Å². The van der Waals surface area contributed by atoms with E-state index in [1.54, 1.807) is 0 Å².